The van der Waals surface area contributed by atoms with Crippen LogP contribution in [0.1, 0.15) is 19.4 Å². The van der Waals surface area contributed by atoms with E-state index < -0.39 is 16.7 Å². The zero-order valence-electron chi connectivity index (χ0n) is 12.5. The van der Waals surface area contributed by atoms with Gasteiger partial charge in [0, 0.05) is 17.9 Å². The van der Waals surface area contributed by atoms with Gasteiger partial charge in [0.2, 0.25) is 5.88 Å². The van der Waals surface area contributed by atoms with Gasteiger partial charge in [-0.1, -0.05) is 22.8 Å². The van der Waals surface area contributed by atoms with Gasteiger partial charge in [-0.2, -0.15) is 0 Å². The zero-order chi connectivity index (χ0) is 15.9. The summed E-state index contributed by atoms with van der Waals surface area (Å²) < 4.78 is 16.9. The number of aromatic nitrogens is 2. The number of hydrogen-bond acceptors (Lipinski definition) is 5. The Labute approximate surface area is 137 Å². The Morgan fingerprint density at radius 1 is 1.36 bits per heavy atom. The summed E-state index contributed by atoms with van der Waals surface area (Å²) >= 11 is 5.35. The molecule has 1 saturated heterocycles. The number of ether oxygens (including phenoxy) is 1. The van der Waals surface area contributed by atoms with Crippen LogP contribution in [-0.4, -0.2) is 32.6 Å². The highest BCUT2D eigenvalue weighted by Crippen LogP contribution is 2.32. The van der Waals surface area contributed by atoms with Crippen molar-refractivity contribution in [3.8, 4) is 5.88 Å². The average Bonchev–Trinajstić information content (AvgIpc) is 2.40. The molecule has 0 spiro atoms. The number of halogens is 1. The van der Waals surface area contributed by atoms with E-state index in [1.807, 2.05) is 13.8 Å². The molecule has 3 heterocycles. The summed E-state index contributed by atoms with van der Waals surface area (Å²) in [5.74, 6) is 2.26. The van der Waals surface area contributed by atoms with Gasteiger partial charge in [0.05, 0.1) is 11.3 Å². The SMILES string of the molecule is CC(C)(N)c1cnc(OCC2C[S+]([O-])C2)c2cnc(Cl)cc12. The molecule has 0 saturated carbocycles. The van der Waals surface area contributed by atoms with Crippen LogP contribution in [-0.2, 0) is 16.7 Å². The summed E-state index contributed by atoms with van der Waals surface area (Å²) in [6.45, 7) is 4.35. The van der Waals surface area contributed by atoms with Crippen molar-refractivity contribution in [3.05, 3.63) is 29.2 Å². The normalized spacial score (nSPS) is 21.7. The summed E-state index contributed by atoms with van der Waals surface area (Å²) in [5.41, 5.74) is 6.56. The van der Waals surface area contributed by atoms with E-state index in [4.69, 9.17) is 22.1 Å². The summed E-state index contributed by atoms with van der Waals surface area (Å²) in [7, 11) is 0. The second-order valence-electron chi connectivity index (χ2n) is 6.20. The predicted molar refractivity (Wildman–Crippen MR) is 88.6 cm³/mol. The first-order valence-electron chi connectivity index (χ1n) is 7.06. The van der Waals surface area contributed by atoms with E-state index in [9.17, 15) is 4.55 Å². The Bertz CT molecular complexity index is 699. The molecular formula is C15H18ClN3O2S. The molecule has 3 rings (SSSR count). The van der Waals surface area contributed by atoms with Gasteiger partial charge in [-0.15, -0.1) is 0 Å². The fourth-order valence-electron chi connectivity index (χ4n) is 2.48. The Balaban J connectivity index is 1.94. The molecule has 118 valence electrons. The maximum Gasteiger partial charge on any atom is 0.222 e. The lowest BCUT2D eigenvalue weighted by molar-refractivity contribution is 0.257. The van der Waals surface area contributed by atoms with Gasteiger partial charge in [-0.3, -0.25) is 0 Å². The zero-order valence-corrected chi connectivity index (χ0v) is 14.1. The Hall–Kier alpha value is -1.08. The number of rotatable bonds is 4. The molecule has 22 heavy (non-hydrogen) atoms. The summed E-state index contributed by atoms with van der Waals surface area (Å²) in [4.78, 5) is 8.51. The molecule has 2 aromatic rings. The van der Waals surface area contributed by atoms with Crippen LogP contribution in [0.4, 0.5) is 0 Å². The standard InChI is InChI=1S/C15H18ClN3O2S/c1-15(2,17)12-5-19-14(21-6-9-7-22(20)8-9)11-4-18-13(16)3-10(11)12/h3-5,9H,6-8,17H2,1-2H3. The molecular weight excluding hydrogens is 322 g/mol. The maximum absolute atomic E-state index is 11.1. The van der Waals surface area contributed by atoms with E-state index in [0.29, 0.717) is 35.1 Å². The van der Waals surface area contributed by atoms with Crippen molar-refractivity contribution in [1.29, 1.82) is 0 Å². The fraction of sp³-hybridized carbons (Fsp3) is 0.467. The smallest absolute Gasteiger partial charge is 0.222 e. The van der Waals surface area contributed by atoms with E-state index in [-0.39, 0.29) is 0 Å². The molecule has 1 fully saturated rings. The van der Waals surface area contributed by atoms with Crippen LogP contribution in [0.3, 0.4) is 0 Å². The molecule has 0 atom stereocenters. The monoisotopic (exact) mass is 339 g/mol. The average molecular weight is 340 g/mol. The first kappa shape index (κ1) is 15.8. The second-order valence-corrected chi connectivity index (χ2v) is 8.14. The van der Waals surface area contributed by atoms with Crippen molar-refractivity contribution >= 4 is 33.5 Å². The summed E-state index contributed by atoms with van der Waals surface area (Å²) in [6, 6.07) is 1.79. The highest BCUT2D eigenvalue weighted by molar-refractivity contribution is 7.92. The largest absolute Gasteiger partial charge is 0.616 e. The van der Waals surface area contributed by atoms with Crippen molar-refractivity contribution in [1.82, 2.24) is 9.97 Å². The number of pyridine rings is 2. The number of nitrogens with two attached hydrogens (primary N) is 1. The van der Waals surface area contributed by atoms with Crippen molar-refractivity contribution in [2.75, 3.05) is 18.1 Å². The number of nitrogens with zero attached hydrogens (tertiary/aromatic N) is 2. The molecule has 5 nitrogen and oxygen atoms in total. The molecule has 0 unspecified atom stereocenters. The topological polar surface area (TPSA) is 84.1 Å². The lowest BCUT2D eigenvalue weighted by atomic mass is 9.93. The third kappa shape index (κ3) is 3.15. The van der Waals surface area contributed by atoms with Gasteiger partial charge >= 0.3 is 0 Å². The van der Waals surface area contributed by atoms with Gasteiger partial charge < -0.3 is 15.0 Å². The van der Waals surface area contributed by atoms with E-state index >= 15 is 0 Å². The highest BCUT2D eigenvalue weighted by atomic mass is 35.5. The van der Waals surface area contributed by atoms with Crippen LogP contribution >= 0.6 is 11.6 Å². The van der Waals surface area contributed by atoms with Gasteiger partial charge in [0.1, 0.15) is 23.3 Å². The first-order valence-corrected chi connectivity index (χ1v) is 8.92. The van der Waals surface area contributed by atoms with Crippen LogP contribution in [0.2, 0.25) is 5.15 Å². The highest BCUT2D eigenvalue weighted by Gasteiger charge is 2.32. The Morgan fingerprint density at radius 3 is 2.73 bits per heavy atom. The lowest BCUT2D eigenvalue weighted by Gasteiger charge is -2.28. The third-order valence-corrected chi connectivity index (χ3v) is 5.59. The van der Waals surface area contributed by atoms with Crippen molar-refractivity contribution in [3.63, 3.8) is 0 Å². The van der Waals surface area contributed by atoms with Crippen molar-refractivity contribution < 1.29 is 9.29 Å². The minimum atomic E-state index is -0.672. The van der Waals surface area contributed by atoms with E-state index in [0.717, 1.165) is 16.3 Å². The van der Waals surface area contributed by atoms with Crippen LogP contribution in [0.5, 0.6) is 5.88 Å². The van der Waals surface area contributed by atoms with Gasteiger partial charge in [-0.05, 0) is 30.9 Å². The fourth-order valence-corrected chi connectivity index (χ4v) is 3.79. The molecule has 0 amide bonds. The van der Waals surface area contributed by atoms with Gasteiger partial charge in [-0.25, -0.2) is 9.97 Å². The van der Waals surface area contributed by atoms with Gasteiger partial charge in [0.15, 0.2) is 0 Å². The molecule has 0 radical (unpaired) electrons. The van der Waals surface area contributed by atoms with Crippen LogP contribution < -0.4 is 10.5 Å². The second kappa shape index (κ2) is 5.85. The number of hydrogen-bond donors (Lipinski definition) is 1. The number of fused-ring (bicyclic) bond motifs is 1. The minimum Gasteiger partial charge on any atom is -0.616 e. The van der Waals surface area contributed by atoms with Crippen molar-refractivity contribution in [2.24, 2.45) is 11.7 Å². The van der Waals surface area contributed by atoms with E-state index in [1.54, 1.807) is 18.5 Å². The molecule has 2 N–H and O–H groups in total. The minimum absolute atomic E-state index is 0.337. The Morgan fingerprint density at radius 2 is 2.09 bits per heavy atom. The van der Waals surface area contributed by atoms with Crippen molar-refractivity contribution in [2.45, 2.75) is 19.4 Å². The van der Waals surface area contributed by atoms with Crippen LogP contribution in [0.15, 0.2) is 18.5 Å². The molecule has 1 aliphatic rings. The predicted octanol–water partition coefficient (Wildman–Crippen LogP) is 2.23. The third-order valence-electron chi connectivity index (χ3n) is 3.70. The first-order chi connectivity index (χ1) is 10.3. The summed E-state index contributed by atoms with van der Waals surface area (Å²) in [6.07, 6.45) is 3.39. The Kier molecular flexibility index (Phi) is 4.20. The molecule has 7 heteroatoms. The molecule has 1 aliphatic heterocycles. The van der Waals surface area contributed by atoms with E-state index in [2.05, 4.69) is 9.97 Å². The van der Waals surface area contributed by atoms with Crippen LogP contribution in [0.25, 0.3) is 10.8 Å². The maximum atomic E-state index is 11.1. The van der Waals surface area contributed by atoms with Gasteiger partial charge in [0.25, 0.3) is 0 Å². The molecule has 2 aromatic heterocycles. The van der Waals surface area contributed by atoms with E-state index in [1.165, 1.54) is 0 Å². The quantitative estimate of drug-likeness (QED) is 0.682. The summed E-state index contributed by atoms with van der Waals surface area (Å²) in [5, 5.41) is 2.10. The molecule has 0 bridgehead atoms. The lowest BCUT2D eigenvalue weighted by Crippen LogP contribution is -2.40. The molecule has 0 aliphatic carbocycles. The molecule has 0 aromatic carbocycles. The van der Waals surface area contributed by atoms with Crippen LogP contribution in [0, 0.1) is 5.92 Å².